The summed E-state index contributed by atoms with van der Waals surface area (Å²) >= 11 is 0. The molecule has 1 aliphatic rings. The molecule has 2 aromatic rings. The van der Waals surface area contributed by atoms with E-state index in [1.165, 1.54) is 25.1 Å². The Balaban J connectivity index is 1.87. The first-order valence-electron chi connectivity index (χ1n) is 9.29. The van der Waals surface area contributed by atoms with Gasteiger partial charge in [-0.2, -0.15) is 0 Å². The van der Waals surface area contributed by atoms with Crippen LogP contribution in [0.15, 0.2) is 59.5 Å². The van der Waals surface area contributed by atoms with E-state index in [0.29, 0.717) is 37.2 Å². The van der Waals surface area contributed by atoms with Crippen molar-refractivity contribution < 1.29 is 23.1 Å². The average Bonchev–Trinajstić information content (AvgIpc) is 2.73. The molecule has 0 saturated carbocycles. The Labute approximate surface area is 165 Å². The molecule has 0 aliphatic carbocycles. The Hall–Kier alpha value is -2.06. The van der Waals surface area contributed by atoms with Crippen molar-refractivity contribution in [2.45, 2.75) is 30.3 Å². The number of ether oxygens (including phenoxy) is 1. The molecule has 150 valence electrons. The largest absolute Gasteiger partial charge is 0.383 e. The number of benzene rings is 2. The Kier molecular flexibility index (Phi) is 6.30. The first-order chi connectivity index (χ1) is 13.3. The van der Waals surface area contributed by atoms with E-state index in [0.717, 1.165) is 0 Å². The van der Waals surface area contributed by atoms with Gasteiger partial charge in [0, 0.05) is 25.3 Å². The zero-order valence-corrected chi connectivity index (χ0v) is 16.6. The number of hydrogen-bond acceptors (Lipinski definition) is 5. The Morgan fingerprint density at radius 1 is 1.14 bits per heavy atom. The first kappa shape index (κ1) is 20.7. The molecule has 1 atom stereocenters. The van der Waals surface area contributed by atoms with Crippen molar-refractivity contribution in [3.05, 3.63) is 65.7 Å². The van der Waals surface area contributed by atoms with Crippen LogP contribution in [0.5, 0.6) is 0 Å². The molecule has 1 unspecified atom stereocenters. The van der Waals surface area contributed by atoms with Crippen LogP contribution in [0, 0.1) is 5.92 Å². The van der Waals surface area contributed by atoms with E-state index in [1.54, 1.807) is 18.2 Å². The van der Waals surface area contributed by atoms with Gasteiger partial charge in [0.15, 0.2) is 5.78 Å². The minimum atomic E-state index is -3.89. The number of sulfonamides is 1. The fourth-order valence-corrected chi connectivity index (χ4v) is 4.67. The van der Waals surface area contributed by atoms with Crippen LogP contribution in [-0.4, -0.2) is 39.1 Å². The molecular formula is C21H25NO5S. The Morgan fingerprint density at radius 3 is 2.46 bits per heavy atom. The van der Waals surface area contributed by atoms with Crippen molar-refractivity contribution in [3.63, 3.8) is 0 Å². The van der Waals surface area contributed by atoms with E-state index >= 15 is 0 Å². The highest BCUT2D eigenvalue weighted by atomic mass is 32.2. The molecule has 0 bridgehead atoms. The molecule has 6 nitrogen and oxygen atoms in total. The number of rotatable bonds is 7. The van der Waals surface area contributed by atoms with Crippen LogP contribution in [0.25, 0.3) is 0 Å². The molecule has 1 aliphatic heterocycles. The summed E-state index contributed by atoms with van der Waals surface area (Å²) in [7, 11) is -3.89. The molecule has 2 aromatic carbocycles. The van der Waals surface area contributed by atoms with E-state index in [1.807, 2.05) is 18.2 Å². The lowest BCUT2D eigenvalue weighted by atomic mass is 9.77. The predicted molar refractivity (Wildman–Crippen MR) is 106 cm³/mol. The van der Waals surface area contributed by atoms with Crippen molar-refractivity contribution in [1.29, 1.82) is 0 Å². The topological polar surface area (TPSA) is 92.7 Å². The van der Waals surface area contributed by atoms with Gasteiger partial charge in [0.25, 0.3) is 0 Å². The Morgan fingerprint density at radius 2 is 1.82 bits per heavy atom. The minimum absolute atomic E-state index is 0.00240. The molecule has 1 saturated heterocycles. The summed E-state index contributed by atoms with van der Waals surface area (Å²) in [5.74, 6) is -0.338. The molecule has 0 aromatic heterocycles. The number of nitrogens with one attached hydrogen (secondary N) is 1. The quantitative estimate of drug-likeness (QED) is 0.693. The molecule has 0 radical (unpaired) electrons. The SMILES string of the molecule is CC(=O)c1cccc(S(=O)(=O)NCC(O)(c2ccccc2)C2CCOCC2)c1. The van der Waals surface area contributed by atoms with Crippen LogP contribution in [0.4, 0.5) is 0 Å². The average molecular weight is 404 g/mol. The van der Waals surface area contributed by atoms with Crippen molar-refractivity contribution in [2.75, 3.05) is 19.8 Å². The van der Waals surface area contributed by atoms with E-state index < -0.39 is 15.6 Å². The van der Waals surface area contributed by atoms with Gasteiger partial charge >= 0.3 is 0 Å². The maximum Gasteiger partial charge on any atom is 0.240 e. The zero-order valence-electron chi connectivity index (χ0n) is 15.8. The van der Waals surface area contributed by atoms with Gasteiger partial charge in [-0.05, 0) is 43.4 Å². The van der Waals surface area contributed by atoms with Gasteiger partial charge in [-0.25, -0.2) is 13.1 Å². The monoisotopic (exact) mass is 403 g/mol. The molecule has 2 N–H and O–H groups in total. The number of ketones is 1. The van der Waals surface area contributed by atoms with Crippen LogP contribution < -0.4 is 4.72 Å². The number of carbonyl (C=O) groups excluding carboxylic acids is 1. The number of carbonyl (C=O) groups is 1. The molecule has 0 spiro atoms. The fraction of sp³-hybridized carbons (Fsp3) is 0.381. The molecule has 1 fully saturated rings. The third-order valence-electron chi connectivity index (χ3n) is 5.25. The lowest BCUT2D eigenvalue weighted by molar-refractivity contribution is -0.0663. The molecule has 28 heavy (non-hydrogen) atoms. The van der Waals surface area contributed by atoms with Gasteiger partial charge in [0.05, 0.1) is 4.90 Å². The summed E-state index contributed by atoms with van der Waals surface area (Å²) in [4.78, 5) is 11.6. The minimum Gasteiger partial charge on any atom is -0.383 e. The van der Waals surface area contributed by atoms with Crippen molar-refractivity contribution in [3.8, 4) is 0 Å². The van der Waals surface area contributed by atoms with Gasteiger partial charge in [-0.1, -0.05) is 42.5 Å². The predicted octanol–water partition coefficient (Wildman–Crippen LogP) is 2.48. The summed E-state index contributed by atoms with van der Waals surface area (Å²) in [5.41, 5.74) is -0.358. The summed E-state index contributed by atoms with van der Waals surface area (Å²) in [6, 6.07) is 15.0. The van der Waals surface area contributed by atoms with Crippen LogP contribution >= 0.6 is 0 Å². The number of aliphatic hydroxyl groups is 1. The first-order valence-corrected chi connectivity index (χ1v) is 10.8. The van der Waals surface area contributed by atoms with Crippen molar-refractivity contribution in [1.82, 2.24) is 4.72 Å². The molecule has 3 rings (SSSR count). The van der Waals surface area contributed by atoms with Crippen LogP contribution in [0.2, 0.25) is 0 Å². The maximum absolute atomic E-state index is 12.8. The van der Waals surface area contributed by atoms with E-state index in [-0.39, 0.29) is 23.1 Å². The standard InChI is InChI=1S/C21H25NO5S/c1-16(23)17-6-5-9-20(14-17)28(25,26)22-15-21(24,18-7-3-2-4-8-18)19-10-12-27-13-11-19/h2-9,14,19,22,24H,10-13,15H2,1H3. The Bertz CT molecular complexity index is 923. The van der Waals surface area contributed by atoms with Gasteiger partial charge in [0.2, 0.25) is 10.0 Å². The summed E-state index contributed by atoms with van der Waals surface area (Å²) in [6.45, 7) is 2.30. The normalized spacial score (nSPS) is 17.8. The fourth-order valence-electron chi connectivity index (χ4n) is 3.55. The lowest BCUT2D eigenvalue weighted by Gasteiger charge is -2.39. The highest BCUT2D eigenvalue weighted by Gasteiger charge is 2.40. The van der Waals surface area contributed by atoms with Crippen LogP contribution in [-0.2, 0) is 20.4 Å². The van der Waals surface area contributed by atoms with Gasteiger partial charge < -0.3 is 9.84 Å². The lowest BCUT2D eigenvalue weighted by Crippen LogP contribution is -2.47. The molecule has 0 amide bonds. The van der Waals surface area contributed by atoms with E-state index in [9.17, 15) is 18.3 Å². The number of hydrogen-bond donors (Lipinski definition) is 2. The number of Topliss-reactive ketones (excluding diaryl/α,β-unsaturated/α-hetero) is 1. The maximum atomic E-state index is 12.8. The molecule has 7 heteroatoms. The van der Waals surface area contributed by atoms with Gasteiger partial charge in [-0.3, -0.25) is 4.79 Å². The third kappa shape index (κ3) is 4.50. The second kappa shape index (κ2) is 8.53. The molecular weight excluding hydrogens is 378 g/mol. The smallest absolute Gasteiger partial charge is 0.240 e. The summed E-state index contributed by atoms with van der Waals surface area (Å²) < 4.78 is 33.6. The summed E-state index contributed by atoms with van der Waals surface area (Å²) in [5, 5.41) is 11.5. The highest BCUT2D eigenvalue weighted by Crippen LogP contribution is 2.36. The summed E-state index contributed by atoms with van der Waals surface area (Å²) in [6.07, 6.45) is 1.29. The van der Waals surface area contributed by atoms with Crippen molar-refractivity contribution >= 4 is 15.8 Å². The van der Waals surface area contributed by atoms with E-state index in [2.05, 4.69) is 4.72 Å². The second-order valence-electron chi connectivity index (χ2n) is 7.09. The van der Waals surface area contributed by atoms with Gasteiger partial charge in [0.1, 0.15) is 5.60 Å². The van der Waals surface area contributed by atoms with Crippen LogP contribution in [0.3, 0.4) is 0 Å². The third-order valence-corrected chi connectivity index (χ3v) is 6.65. The zero-order chi connectivity index (χ0) is 20.2. The molecule has 1 heterocycles. The van der Waals surface area contributed by atoms with Crippen LogP contribution in [0.1, 0.15) is 35.7 Å². The van der Waals surface area contributed by atoms with Gasteiger partial charge in [-0.15, -0.1) is 0 Å². The van der Waals surface area contributed by atoms with E-state index in [4.69, 9.17) is 4.74 Å². The van der Waals surface area contributed by atoms with Crippen molar-refractivity contribution in [2.24, 2.45) is 5.92 Å². The second-order valence-corrected chi connectivity index (χ2v) is 8.85. The highest BCUT2D eigenvalue weighted by molar-refractivity contribution is 7.89.